The maximum absolute atomic E-state index is 9.62. The fourth-order valence-electron chi connectivity index (χ4n) is 1.75. The van der Waals surface area contributed by atoms with E-state index in [0.717, 1.165) is 0 Å². The molecule has 2 heterocycles. The van der Waals surface area contributed by atoms with Crippen molar-refractivity contribution in [1.82, 2.24) is 0 Å². The summed E-state index contributed by atoms with van der Waals surface area (Å²) in [6.45, 7) is 1.31. The van der Waals surface area contributed by atoms with Gasteiger partial charge in [0.05, 0.1) is 6.61 Å². The van der Waals surface area contributed by atoms with Crippen LogP contribution in [0.1, 0.15) is 6.92 Å². The first-order chi connectivity index (χ1) is 6.63. The van der Waals surface area contributed by atoms with Gasteiger partial charge in [0, 0.05) is 0 Å². The lowest BCUT2D eigenvalue weighted by Crippen LogP contribution is -2.57. The summed E-state index contributed by atoms with van der Waals surface area (Å²) in [6.07, 6.45) is -4.90. The van der Waals surface area contributed by atoms with Gasteiger partial charge in [0.1, 0.15) is 24.4 Å². The van der Waals surface area contributed by atoms with Crippen LogP contribution in [-0.2, 0) is 14.2 Å². The molecule has 82 valence electrons. The Morgan fingerprint density at radius 3 is 2.43 bits per heavy atom. The second-order valence-corrected chi connectivity index (χ2v) is 3.51. The summed E-state index contributed by atoms with van der Waals surface area (Å²) in [4.78, 5) is 0. The van der Waals surface area contributed by atoms with Crippen molar-refractivity contribution in [2.24, 2.45) is 0 Å². The lowest BCUT2D eigenvalue weighted by Gasteiger charge is -2.36. The number of ether oxygens (including phenoxy) is 3. The Morgan fingerprint density at radius 2 is 1.79 bits per heavy atom. The molecule has 6 nitrogen and oxygen atoms in total. The number of fused-ring (bicyclic) bond motifs is 1. The number of rotatable bonds is 1. The van der Waals surface area contributed by atoms with E-state index < -0.39 is 37.0 Å². The van der Waals surface area contributed by atoms with E-state index in [0.29, 0.717) is 0 Å². The van der Waals surface area contributed by atoms with Crippen LogP contribution in [0.5, 0.6) is 0 Å². The first kappa shape index (κ1) is 10.3. The molecule has 6 heteroatoms. The quantitative estimate of drug-likeness (QED) is 0.468. The van der Waals surface area contributed by atoms with Crippen LogP contribution >= 0.6 is 0 Å². The Kier molecular flexibility index (Phi) is 2.74. The summed E-state index contributed by atoms with van der Waals surface area (Å²) >= 11 is 0. The Bertz CT molecular complexity index is 208. The van der Waals surface area contributed by atoms with Gasteiger partial charge in [0.25, 0.3) is 0 Å². The normalized spacial score (nSPS) is 53.1. The minimum Gasteiger partial charge on any atom is -0.394 e. The van der Waals surface area contributed by atoms with Crippen molar-refractivity contribution in [3.8, 4) is 0 Å². The van der Waals surface area contributed by atoms with Gasteiger partial charge < -0.3 is 29.5 Å². The summed E-state index contributed by atoms with van der Waals surface area (Å²) < 4.78 is 15.6. The molecule has 1 unspecified atom stereocenters. The first-order valence-electron chi connectivity index (χ1n) is 4.57. The maximum Gasteiger partial charge on any atom is 0.190 e. The molecule has 0 aromatic rings. The predicted octanol–water partition coefficient (Wildman–Crippen LogP) is -1.81. The zero-order chi connectivity index (χ0) is 10.3. The zero-order valence-corrected chi connectivity index (χ0v) is 7.74. The molecule has 2 saturated heterocycles. The Morgan fingerprint density at radius 1 is 1.07 bits per heavy atom. The lowest BCUT2D eigenvalue weighted by molar-refractivity contribution is -0.252. The molecule has 6 atom stereocenters. The second kappa shape index (κ2) is 3.73. The van der Waals surface area contributed by atoms with Gasteiger partial charge in [-0.1, -0.05) is 0 Å². The SMILES string of the molecule is CC1O[C@H]2O[C@H](CO)[C@H](O)[C@H](O)[C@H]2O1. The molecule has 2 fully saturated rings. The summed E-state index contributed by atoms with van der Waals surface area (Å²) in [5, 5.41) is 28.0. The molecular formula is C8H14O6. The van der Waals surface area contributed by atoms with Crippen molar-refractivity contribution in [3.63, 3.8) is 0 Å². The van der Waals surface area contributed by atoms with Gasteiger partial charge in [-0.05, 0) is 6.92 Å². The van der Waals surface area contributed by atoms with E-state index in [4.69, 9.17) is 19.3 Å². The van der Waals surface area contributed by atoms with Gasteiger partial charge in [-0.25, -0.2) is 0 Å². The lowest BCUT2D eigenvalue weighted by atomic mass is 9.99. The van der Waals surface area contributed by atoms with E-state index in [9.17, 15) is 10.2 Å². The van der Waals surface area contributed by atoms with Crippen molar-refractivity contribution in [2.45, 2.75) is 43.9 Å². The topological polar surface area (TPSA) is 88.4 Å². The maximum atomic E-state index is 9.62. The minimum absolute atomic E-state index is 0.362. The van der Waals surface area contributed by atoms with E-state index in [-0.39, 0.29) is 6.61 Å². The molecule has 0 saturated carbocycles. The van der Waals surface area contributed by atoms with Gasteiger partial charge in [0.2, 0.25) is 0 Å². The monoisotopic (exact) mass is 206 g/mol. The molecule has 2 aliphatic heterocycles. The molecule has 0 amide bonds. The largest absolute Gasteiger partial charge is 0.394 e. The van der Waals surface area contributed by atoms with Crippen LogP contribution in [0.2, 0.25) is 0 Å². The molecular weight excluding hydrogens is 192 g/mol. The fraction of sp³-hybridized carbons (Fsp3) is 1.00. The van der Waals surface area contributed by atoms with Gasteiger partial charge >= 0.3 is 0 Å². The zero-order valence-electron chi connectivity index (χ0n) is 7.74. The highest BCUT2D eigenvalue weighted by molar-refractivity contribution is 4.91. The van der Waals surface area contributed by atoms with Crippen LogP contribution in [0.4, 0.5) is 0 Å². The predicted molar refractivity (Wildman–Crippen MR) is 43.2 cm³/mol. The van der Waals surface area contributed by atoms with E-state index in [1.54, 1.807) is 6.92 Å². The first-order valence-corrected chi connectivity index (χ1v) is 4.57. The number of hydrogen-bond donors (Lipinski definition) is 3. The van der Waals surface area contributed by atoms with E-state index in [1.807, 2.05) is 0 Å². The van der Waals surface area contributed by atoms with Crippen LogP contribution in [0, 0.1) is 0 Å². The minimum atomic E-state index is -1.14. The third kappa shape index (κ3) is 1.54. The van der Waals surface area contributed by atoms with Crippen LogP contribution in [-0.4, -0.2) is 58.9 Å². The van der Waals surface area contributed by atoms with Crippen LogP contribution < -0.4 is 0 Å². The molecule has 3 N–H and O–H groups in total. The van der Waals surface area contributed by atoms with Crippen LogP contribution in [0.15, 0.2) is 0 Å². The van der Waals surface area contributed by atoms with Gasteiger partial charge in [-0.15, -0.1) is 0 Å². The summed E-state index contributed by atoms with van der Waals surface area (Å²) in [7, 11) is 0. The van der Waals surface area contributed by atoms with Crippen molar-refractivity contribution in [1.29, 1.82) is 0 Å². The number of hydrogen-bond acceptors (Lipinski definition) is 6. The standard InChI is InChI=1S/C8H14O6/c1-3-12-7-6(11)5(10)4(2-9)14-8(7)13-3/h3-11H,2H2,1H3/t3?,4-,5+,6+,7-,8+/m1/s1. The summed E-state index contributed by atoms with van der Waals surface area (Å²) in [5.41, 5.74) is 0. The van der Waals surface area contributed by atoms with Gasteiger partial charge in [-0.3, -0.25) is 0 Å². The molecule has 0 spiro atoms. The Hall–Kier alpha value is -0.240. The molecule has 0 aromatic carbocycles. The third-order valence-electron chi connectivity index (χ3n) is 2.50. The van der Waals surface area contributed by atoms with Crippen molar-refractivity contribution >= 4 is 0 Å². The van der Waals surface area contributed by atoms with Crippen molar-refractivity contribution in [3.05, 3.63) is 0 Å². The van der Waals surface area contributed by atoms with Crippen LogP contribution in [0.3, 0.4) is 0 Å². The second-order valence-electron chi connectivity index (χ2n) is 3.51. The molecule has 2 aliphatic rings. The molecule has 0 aliphatic carbocycles. The third-order valence-corrected chi connectivity index (χ3v) is 2.50. The smallest absolute Gasteiger partial charge is 0.190 e. The van der Waals surface area contributed by atoms with Crippen LogP contribution in [0.25, 0.3) is 0 Å². The highest BCUT2D eigenvalue weighted by Crippen LogP contribution is 2.30. The summed E-state index contributed by atoms with van der Waals surface area (Å²) in [5.74, 6) is 0. The number of aliphatic hydroxyl groups excluding tert-OH is 3. The molecule has 0 radical (unpaired) electrons. The molecule has 0 bridgehead atoms. The fourth-order valence-corrected chi connectivity index (χ4v) is 1.75. The average molecular weight is 206 g/mol. The summed E-state index contributed by atoms with van der Waals surface area (Å²) in [6, 6.07) is 0. The molecule has 14 heavy (non-hydrogen) atoms. The highest BCUT2D eigenvalue weighted by atomic mass is 16.8. The number of aliphatic hydroxyl groups is 3. The molecule has 2 rings (SSSR count). The Balaban J connectivity index is 2.09. The van der Waals surface area contributed by atoms with E-state index >= 15 is 0 Å². The highest BCUT2D eigenvalue weighted by Gasteiger charge is 2.50. The van der Waals surface area contributed by atoms with Crippen molar-refractivity contribution in [2.75, 3.05) is 6.61 Å². The van der Waals surface area contributed by atoms with E-state index in [1.165, 1.54) is 0 Å². The Labute approximate surface area is 81.0 Å². The molecule has 0 aromatic heterocycles. The van der Waals surface area contributed by atoms with Gasteiger partial charge in [0.15, 0.2) is 12.6 Å². The van der Waals surface area contributed by atoms with E-state index in [2.05, 4.69) is 0 Å². The average Bonchev–Trinajstić information content (AvgIpc) is 2.52. The van der Waals surface area contributed by atoms with Gasteiger partial charge in [-0.2, -0.15) is 0 Å². The van der Waals surface area contributed by atoms with Crippen molar-refractivity contribution < 1.29 is 29.5 Å².